The molecule has 3 rings (SSSR count). The molecule has 0 bridgehead atoms. The van der Waals surface area contributed by atoms with Crippen molar-refractivity contribution in [1.82, 2.24) is 0 Å². The Labute approximate surface area is 146 Å². The lowest BCUT2D eigenvalue weighted by Crippen LogP contribution is -2.35. The Morgan fingerprint density at radius 3 is 2.60 bits per heavy atom. The van der Waals surface area contributed by atoms with Crippen LogP contribution < -0.4 is 15.4 Å². The number of aliphatic carboxylic acids is 1. The second kappa shape index (κ2) is 7.94. The van der Waals surface area contributed by atoms with Crippen molar-refractivity contribution < 1.29 is 19.4 Å². The van der Waals surface area contributed by atoms with E-state index in [9.17, 15) is 9.59 Å². The number of carboxylic acid groups (broad SMARTS) is 1. The van der Waals surface area contributed by atoms with E-state index >= 15 is 0 Å². The van der Waals surface area contributed by atoms with E-state index in [1.54, 1.807) is 6.07 Å². The van der Waals surface area contributed by atoms with Gasteiger partial charge in [0.2, 0.25) is 5.90 Å². The smallest absolute Gasteiger partial charge is 0.340 e. The van der Waals surface area contributed by atoms with Crippen LogP contribution in [0.4, 0.5) is 5.69 Å². The molecule has 2 aliphatic heterocycles. The number of nitrogens with two attached hydrogens (primary N) is 1. The highest BCUT2D eigenvalue weighted by Crippen LogP contribution is 2.42. The fourth-order valence-electron chi connectivity index (χ4n) is 3.32. The fraction of sp³-hybridized carbons (Fsp3) is 0.389. The highest BCUT2D eigenvalue weighted by molar-refractivity contribution is 6.14. The normalized spacial score (nSPS) is 14.6. The zero-order valence-electron chi connectivity index (χ0n) is 14.3. The number of hydrogen-bond acceptors (Lipinski definition) is 6. The van der Waals surface area contributed by atoms with Crippen LogP contribution >= 0.6 is 0 Å². The van der Waals surface area contributed by atoms with Gasteiger partial charge in [-0.3, -0.25) is 10.2 Å². The minimum Gasteiger partial charge on any atom is -0.478 e. The molecule has 0 fully saturated rings. The van der Waals surface area contributed by atoms with Crippen molar-refractivity contribution in [3.63, 3.8) is 0 Å². The Balaban J connectivity index is 0.00000109. The molecule has 0 amide bonds. The Morgan fingerprint density at radius 1 is 1.36 bits per heavy atom. The van der Waals surface area contributed by atoms with Crippen molar-refractivity contribution >= 4 is 23.8 Å². The molecule has 7 nitrogen and oxygen atoms in total. The molecule has 7 heteroatoms. The summed E-state index contributed by atoms with van der Waals surface area (Å²) in [4.78, 5) is 24.7. The lowest BCUT2D eigenvalue weighted by Gasteiger charge is -2.37. The highest BCUT2D eigenvalue weighted by Gasteiger charge is 2.29. The van der Waals surface area contributed by atoms with Gasteiger partial charge in [-0.05, 0) is 44.4 Å². The largest absolute Gasteiger partial charge is 0.478 e. The predicted molar refractivity (Wildman–Crippen MR) is 95.9 cm³/mol. The number of carbonyl (C=O) groups excluding carboxylic acids is 1. The number of carboxylic acids is 1. The maximum absolute atomic E-state index is 11.5. The van der Waals surface area contributed by atoms with Gasteiger partial charge in [0.1, 0.15) is 11.3 Å². The summed E-state index contributed by atoms with van der Waals surface area (Å²) in [5, 5.41) is 16.7. The number of aryl methyl sites for hydroxylation is 1. The standard InChI is InChI=1S/C17H18N2O4.CH5N/c1-10(17(21)22)16(18)23-15-12(9-20)8-11-4-2-6-19-7-3-5-13(15)14(11)19;1-2/h8-9,18H,1-7H2,(H,21,22);2H2,1H3. The Kier molecular flexibility index (Phi) is 5.93. The summed E-state index contributed by atoms with van der Waals surface area (Å²) in [6, 6.07) is 1.80. The summed E-state index contributed by atoms with van der Waals surface area (Å²) in [6.45, 7) is 5.27. The van der Waals surface area contributed by atoms with E-state index in [4.69, 9.17) is 15.3 Å². The summed E-state index contributed by atoms with van der Waals surface area (Å²) in [6.07, 6.45) is 4.37. The van der Waals surface area contributed by atoms with E-state index in [1.165, 1.54) is 7.05 Å². The topological polar surface area (TPSA) is 117 Å². The quantitative estimate of drug-likeness (QED) is 0.331. The van der Waals surface area contributed by atoms with Crippen LogP contribution in [0.5, 0.6) is 5.75 Å². The maximum Gasteiger partial charge on any atom is 0.340 e. The second-order valence-corrected chi connectivity index (χ2v) is 5.81. The summed E-state index contributed by atoms with van der Waals surface area (Å²) in [7, 11) is 1.50. The molecule has 2 aliphatic rings. The average molecular weight is 345 g/mol. The van der Waals surface area contributed by atoms with E-state index in [0.29, 0.717) is 17.6 Å². The van der Waals surface area contributed by atoms with Crippen LogP contribution in [0.2, 0.25) is 0 Å². The molecule has 134 valence electrons. The van der Waals surface area contributed by atoms with Gasteiger partial charge in [0.15, 0.2) is 6.29 Å². The number of aldehydes is 1. The lowest BCUT2D eigenvalue weighted by molar-refractivity contribution is -0.132. The first kappa shape index (κ1) is 18.7. The van der Waals surface area contributed by atoms with Crippen molar-refractivity contribution in [2.75, 3.05) is 25.0 Å². The first-order valence-corrected chi connectivity index (χ1v) is 8.18. The van der Waals surface area contributed by atoms with Crippen molar-refractivity contribution in [2.45, 2.75) is 25.7 Å². The van der Waals surface area contributed by atoms with Crippen LogP contribution in [0.15, 0.2) is 18.2 Å². The number of hydrogen-bond donors (Lipinski definition) is 3. The van der Waals surface area contributed by atoms with Crippen LogP contribution in [0, 0.1) is 5.41 Å². The van der Waals surface area contributed by atoms with Crippen LogP contribution in [0.1, 0.15) is 34.3 Å². The minimum atomic E-state index is -1.31. The van der Waals surface area contributed by atoms with E-state index in [1.807, 2.05) is 0 Å². The summed E-state index contributed by atoms with van der Waals surface area (Å²) in [5.74, 6) is -1.54. The van der Waals surface area contributed by atoms with Crippen LogP contribution in [0.25, 0.3) is 0 Å². The third-order valence-corrected chi connectivity index (χ3v) is 4.36. The van der Waals surface area contributed by atoms with E-state index in [-0.39, 0.29) is 0 Å². The zero-order valence-corrected chi connectivity index (χ0v) is 14.3. The van der Waals surface area contributed by atoms with E-state index in [2.05, 4.69) is 17.2 Å². The number of benzene rings is 1. The first-order valence-electron chi connectivity index (χ1n) is 8.18. The molecule has 0 unspecified atom stereocenters. The van der Waals surface area contributed by atoms with Crippen molar-refractivity contribution in [3.8, 4) is 5.75 Å². The predicted octanol–water partition coefficient (Wildman–Crippen LogP) is 1.77. The zero-order chi connectivity index (χ0) is 18.6. The Bertz CT molecular complexity index is 726. The highest BCUT2D eigenvalue weighted by atomic mass is 16.5. The number of rotatable bonds is 4. The molecule has 4 N–H and O–H groups in total. The number of nitrogens with zero attached hydrogens (tertiary/aromatic N) is 1. The van der Waals surface area contributed by atoms with Gasteiger partial charge in [-0.1, -0.05) is 6.58 Å². The molecule has 0 radical (unpaired) electrons. The summed E-state index contributed by atoms with van der Waals surface area (Å²) < 4.78 is 5.47. The first-order chi connectivity index (χ1) is 12.0. The molecule has 0 aliphatic carbocycles. The number of ether oxygens (including phenoxy) is 1. The van der Waals surface area contributed by atoms with Gasteiger partial charge >= 0.3 is 5.97 Å². The minimum absolute atomic E-state index is 0.303. The van der Waals surface area contributed by atoms with Crippen LogP contribution in [-0.4, -0.2) is 43.4 Å². The third kappa shape index (κ3) is 3.56. The maximum atomic E-state index is 11.5. The molecule has 2 heterocycles. The van der Waals surface area contributed by atoms with Crippen molar-refractivity contribution in [3.05, 3.63) is 34.9 Å². The molecule has 1 aromatic rings. The fourth-order valence-corrected chi connectivity index (χ4v) is 3.32. The Morgan fingerprint density at radius 2 is 2.00 bits per heavy atom. The van der Waals surface area contributed by atoms with Gasteiger partial charge in [-0.25, -0.2) is 4.79 Å². The van der Waals surface area contributed by atoms with Crippen molar-refractivity contribution in [1.29, 1.82) is 5.41 Å². The van der Waals surface area contributed by atoms with Crippen molar-refractivity contribution in [2.24, 2.45) is 5.73 Å². The molecule has 0 aromatic heterocycles. The Hall–Kier alpha value is -2.67. The van der Waals surface area contributed by atoms with Gasteiger partial charge in [0, 0.05) is 24.3 Å². The monoisotopic (exact) mass is 345 g/mol. The summed E-state index contributed by atoms with van der Waals surface area (Å²) in [5.41, 5.74) is 7.56. The van der Waals surface area contributed by atoms with E-state index < -0.39 is 17.4 Å². The average Bonchev–Trinajstić information content (AvgIpc) is 2.64. The number of anilines is 1. The molecular weight excluding hydrogens is 322 g/mol. The number of nitrogens with one attached hydrogen (secondary N) is 1. The van der Waals surface area contributed by atoms with Gasteiger partial charge in [0.05, 0.1) is 5.56 Å². The van der Waals surface area contributed by atoms with Gasteiger partial charge in [-0.15, -0.1) is 0 Å². The van der Waals surface area contributed by atoms with Gasteiger partial charge < -0.3 is 20.5 Å². The van der Waals surface area contributed by atoms with Gasteiger partial charge in [0.25, 0.3) is 0 Å². The van der Waals surface area contributed by atoms with E-state index in [0.717, 1.165) is 55.6 Å². The molecule has 0 saturated heterocycles. The lowest BCUT2D eigenvalue weighted by atomic mass is 9.89. The summed E-state index contributed by atoms with van der Waals surface area (Å²) >= 11 is 0. The molecule has 1 aromatic carbocycles. The third-order valence-electron chi connectivity index (χ3n) is 4.36. The van der Waals surface area contributed by atoms with Crippen LogP contribution in [0.3, 0.4) is 0 Å². The second-order valence-electron chi connectivity index (χ2n) is 5.81. The molecular formula is C18H23N3O4. The molecule has 25 heavy (non-hydrogen) atoms. The molecule has 0 spiro atoms. The molecule has 0 atom stereocenters. The van der Waals surface area contributed by atoms with Gasteiger partial charge in [-0.2, -0.15) is 0 Å². The number of carbonyl (C=O) groups is 2. The molecule has 0 saturated carbocycles. The van der Waals surface area contributed by atoms with Crippen LogP contribution in [-0.2, 0) is 17.6 Å². The SMILES string of the molecule is C=C(C(=N)Oc1c(C=O)cc2c3c1CCCN3CCC2)C(=O)O.CN.